The third kappa shape index (κ3) is 5.65. The van der Waals surface area contributed by atoms with E-state index in [4.69, 9.17) is 4.74 Å². The number of benzene rings is 2. The number of tetrazole rings is 1. The maximum absolute atomic E-state index is 13.8. The summed E-state index contributed by atoms with van der Waals surface area (Å²) in [5.41, 5.74) is 5.17. The number of fused-ring (bicyclic) bond motifs is 1. The zero-order valence-corrected chi connectivity index (χ0v) is 23.8. The molecule has 1 unspecified atom stereocenters. The molecule has 5 aromatic rings. The van der Waals surface area contributed by atoms with E-state index in [-0.39, 0.29) is 5.56 Å². The van der Waals surface area contributed by atoms with E-state index < -0.39 is 11.6 Å². The van der Waals surface area contributed by atoms with Crippen LogP contribution in [-0.2, 0) is 18.6 Å². The van der Waals surface area contributed by atoms with Crippen LogP contribution >= 0.6 is 0 Å². The first-order chi connectivity index (χ1) is 19.1. The van der Waals surface area contributed by atoms with E-state index in [2.05, 4.69) is 64.2 Å². The number of methoxy groups -OCH3 is 1. The van der Waals surface area contributed by atoms with Gasteiger partial charge < -0.3 is 9.72 Å². The monoisotopic (exact) mass is 537 g/mol. The van der Waals surface area contributed by atoms with Crippen LogP contribution in [-0.4, -0.2) is 42.2 Å². The summed E-state index contributed by atoms with van der Waals surface area (Å²) in [6, 6.07) is 17.5. The van der Waals surface area contributed by atoms with Gasteiger partial charge >= 0.3 is 0 Å². The van der Waals surface area contributed by atoms with Crippen molar-refractivity contribution >= 4 is 10.9 Å². The molecular formula is C31H35N7O2. The highest BCUT2D eigenvalue weighted by atomic mass is 16.5. The normalized spacial score (nSPS) is 12.7. The molecule has 9 nitrogen and oxygen atoms in total. The van der Waals surface area contributed by atoms with E-state index >= 15 is 0 Å². The first-order valence-corrected chi connectivity index (χ1v) is 13.3. The minimum absolute atomic E-state index is 0.171. The number of ether oxygens (including phenoxy) is 1. The Morgan fingerprint density at radius 2 is 1.73 bits per heavy atom. The molecule has 1 atom stereocenters. The molecule has 0 bridgehead atoms. The molecule has 0 spiro atoms. The molecule has 206 valence electrons. The lowest BCUT2D eigenvalue weighted by molar-refractivity contribution is 0.184. The second kappa shape index (κ2) is 11.0. The fourth-order valence-corrected chi connectivity index (χ4v) is 4.97. The van der Waals surface area contributed by atoms with Gasteiger partial charge in [-0.05, 0) is 109 Å². The molecule has 3 aromatic heterocycles. The van der Waals surface area contributed by atoms with Crippen LogP contribution in [0.15, 0.2) is 71.8 Å². The summed E-state index contributed by atoms with van der Waals surface area (Å²) in [5.74, 6) is 1.38. The SMILES string of the molecule is COc1ccc(CN(Cc2cccnc2)C(c2cc3cc(C)c(C)cc3[nH]c2=O)c2nnnn2C(C)(C)C)cc1. The van der Waals surface area contributed by atoms with Crippen LogP contribution in [0.2, 0.25) is 0 Å². The zero-order chi connectivity index (χ0) is 28.4. The molecular weight excluding hydrogens is 502 g/mol. The molecule has 1 N–H and O–H groups in total. The molecule has 0 fully saturated rings. The van der Waals surface area contributed by atoms with E-state index in [0.717, 1.165) is 38.9 Å². The largest absolute Gasteiger partial charge is 0.497 e. The summed E-state index contributed by atoms with van der Waals surface area (Å²) in [6.45, 7) is 11.3. The van der Waals surface area contributed by atoms with Gasteiger partial charge in [0.1, 0.15) is 11.8 Å². The van der Waals surface area contributed by atoms with Gasteiger partial charge in [-0.1, -0.05) is 18.2 Å². The number of aromatic amines is 1. The van der Waals surface area contributed by atoms with E-state index in [0.29, 0.717) is 24.5 Å². The molecule has 0 aliphatic heterocycles. The fourth-order valence-electron chi connectivity index (χ4n) is 4.97. The quantitative estimate of drug-likeness (QED) is 0.294. The molecule has 0 aliphatic rings. The Bertz CT molecular complexity index is 1670. The fraction of sp³-hybridized carbons (Fsp3) is 0.323. The molecule has 0 saturated carbocycles. The van der Waals surface area contributed by atoms with Crippen molar-refractivity contribution in [2.75, 3.05) is 7.11 Å². The van der Waals surface area contributed by atoms with Crippen molar-refractivity contribution in [3.8, 4) is 5.75 Å². The topological polar surface area (TPSA) is 102 Å². The average Bonchev–Trinajstić information content (AvgIpc) is 3.42. The minimum atomic E-state index is -0.550. The Morgan fingerprint density at radius 1 is 1.00 bits per heavy atom. The number of nitrogens with one attached hydrogen (secondary N) is 1. The maximum atomic E-state index is 13.8. The highest BCUT2D eigenvalue weighted by Crippen LogP contribution is 2.32. The predicted molar refractivity (Wildman–Crippen MR) is 155 cm³/mol. The van der Waals surface area contributed by atoms with E-state index in [1.54, 1.807) is 13.3 Å². The summed E-state index contributed by atoms with van der Waals surface area (Å²) >= 11 is 0. The van der Waals surface area contributed by atoms with Crippen molar-refractivity contribution in [3.63, 3.8) is 0 Å². The Hall–Kier alpha value is -4.37. The van der Waals surface area contributed by atoms with Crippen molar-refractivity contribution in [2.24, 2.45) is 0 Å². The maximum Gasteiger partial charge on any atom is 0.253 e. The zero-order valence-electron chi connectivity index (χ0n) is 23.8. The molecule has 0 radical (unpaired) electrons. The van der Waals surface area contributed by atoms with Gasteiger partial charge in [0.15, 0.2) is 5.82 Å². The highest BCUT2D eigenvalue weighted by molar-refractivity contribution is 5.81. The number of hydrogen-bond acceptors (Lipinski definition) is 7. The number of H-pyrrole nitrogens is 1. The summed E-state index contributed by atoms with van der Waals surface area (Å²) in [7, 11) is 1.65. The molecule has 40 heavy (non-hydrogen) atoms. The third-order valence-corrected chi connectivity index (χ3v) is 7.17. The van der Waals surface area contributed by atoms with Crippen molar-refractivity contribution in [1.82, 2.24) is 35.1 Å². The molecule has 5 rings (SSSR count). The van der Waals surface area contributed by atoms with E-state index in [1.807, 2.05) is 66.3 Å². The Balaban J connectivity index is 1.72. The molecule has 0 aliphatic carbocycles. The van der Waals surface area contributed by atoms with Crippen LogP contribution in [0.3, 0.4) is 0 Å². The lowest BCUT2D eigenvalue weighted by Crippen LogP contribution is -2.37. The van der Waals surface area contributed by atoms with Gasteiger partial charge in [-0.3, -0.25) is 14.7 Å². The van der Waals surface area contributed by atoms with Gasteiger partial charge in [-0.2, -0.15) is 0 Å². The number of hydrogen-bond donors (Lipinski definition) is 1. The molecule has 2 aromatic carbocycles. The summed E-state index contributed by atoms with van der Waals surface area (Å²) in [6.07, 6.45) is 3.61. The van der Waals surface area contributed by atoms with Crippen molar-refractivity contribution in [3.05, 3.63) is 111 Å². The Kier molecular flexibility index (Phi) is 7.49. The van der Waals surface area contributed by atoms with E-state index in [1.165, 1.54) is 0 Å². The van der Waals surface area contributed by atoms with Crippen LogP contribution in [0.25, 0.3) is 10.9 Å². The minimum Gasteiger partial charge on any atom is -0.497 e. The summed E-state index contributed by atoms with van der Waals surface area (Å²) in [4.78, 5) is 23.5. The highest BCUT2D eigenvalue weighted by Gasteiger charge is 2.33. The second-order valence-electron chi connectivity index (χ2n) is 11.2. The number of aryl methyl sites for hydroxylation is 2. The van der Waals surface area contributed by atoms with Crippen LogP contribution < -0.4 is 10.3 Å². The van der Waals surface area contributed by atoms with Gasteiger partial charge in [0.05, 0.1) is 12.6 Å². The van der Waals surface area contributed by atoms with Crippen LogP contribution in [0.1, 0.15) is 60.5 Å². The van der Waals surface area contributed by atoms with Crippen molar-refractivity contribution in [2.45, 2.75) is 59.3 Å². The lowest BCUT2D eigenvalue weighted by Gasteiger charge is -2.33. The van der Waals surface area contributed by atoms with Crippen LogP contribution in [0.5, 0.6) is 5.75 Å². The van der Waals surface area contributed by atoms with Crippen LogP contribution in [0, 0.1) is 13.8 Å². The van der Waals surface area contributed by atoms with Crippen molar-refractivity contribution in [1.29, 1.82) is 0 Å². The molecule has 0 amide bonds. The Labute approximate surface area is 233 Å². The van der Waals surface area contributed by atoms with Crippen molar-refractivity contribution < 1.29 is 4.74 Å². The van der Waals surface area contributed by atoms with Crippen LogP contribution in [0.4, 0.5) is 0 Å². The van der Waals surface area contributed by atoms with Gasteiger partial charge in [-0.25, -0.2) is 4.68 Å². The first kappa shape index (κ1) is 27.2. The first-order valence-electron chi connectivity index (χ1n) is 13.3. The molecule has 0 saturated heterocycles. The summed E-state index contributed by atoms with van der Waals surface area (Å²) < 4.78 is 7.19. The standard InChI is InChI=1S/C31H35N7O2/c1-20-14-24-16-26(30(39)33-27(24)15-21(20)2)28(29-34-35-36-38(29)31(3,4)5)37(19-23-8-7-13-32-17-23)18-22-9-11-25(40-6)12-10-22/h7-17,28H,18-19H2,1-6H3,(H,33,39). The number of pyridine rings is 2. The summed E-state index contributed by atoms with van der Waals surface area (Å²) in [5, 5.41) is 13.9. The average molecular weight is 538 g/mol. The third-order valence-electron chi connectivity index (χ3n) is 7.17. The molecule has 3 heterocycles. The molecule has 9 heteroatoms. The van der Waals surface area contributed by atoms with E-state index in [9.17, 15) is 4.79 Å². The number of nitrogens with zero attached hydrogens (tertiary/aromatic N) is 6. The smallest absolute Gasteiger partial charge is 0.253 e. The predicted octanol–water partition coefficient (Wildman–Crippen LogP) is 5.08. The number of rotatable bonds is 8. The number of aromatic nitrogens is 6. The van der Waals surface area contributed by atoms with Gasteiger partial charge in [0.25, 0.3) is 5.56 Å². The second-order valence-corrected chi connectivity index (χ2v) is 11.2. The Morgan fingerprint density at radius 3 is 2.40 bits per heavy atom. The lowest BCUT2D eigenvalue weighted by atomic mass is 9.99. The van der Waals surface area contributed by atoms with Gasteiger partial charge in [-0.15, -0.1) is 5.10 Å². The van der Waals surface area contributed by atoms with Gasteiger partial charge in [0, 0.05) is 36.6 Å². The van der Waals surface area contributed by atoms with Gasteiger partial charge in [0.2, 0.25) is 0 Å².